The number of halogens is 3. The van der Waals surface area contributed by atoms with Crippen molar-refractivity contribution in [3.63, 3.8) is 0 Å². The molecule has 0 bridgehead atoms. The van der Waals surface area contributed by atoms with Gasteiger partial charge in [0, 0.05) is 24.4 Å². The Morgan fingerprint density at radius 2 is 2.10 bits per heavy atom. The van der Waals surface area contributed by atoms with Crippen LogP contribution in [-0.4, -0.2) is 24.5 Å². The Kier molecular flexibility index (Phi) is 5.14. The molecule has 4 nitrogen and oxygen atoms in total. The van der Waals surface area contributed by atoms with Crippen molar-refractivity contribution in [1.82, 2.24) is 10.3 Å². The highest BCUT2D eigenvalue weighted by atomic mass is 79.9. The highest BCUT2D eigenvalue weighted by molar-refractivity contribution is 9.11. The molecule has 1 aromatic heterocycles. The lowest BCUT2D eigenvalue weighted by Gasteiger charge is -2.09. The van der Waals surface area contributed by atoms with Gasteiger partial charge in [-0.2, -0.15) is 0 Å². The van der Waals surface area contributed by atoms with Gasteiger partial charge < -0.3 is 15.0 Å². The zero-order chi connectivity index (χ0) is 14.9. The maximum Gasteiger partial charge on any atom is 0.216 e. The third-order valence-corrected chi connectivity index (χ3v) is 4.96. The lowest BCUT2D eigenvalue weighted by Crippen LogP contribution is -2.22. The molecule has 1 aromatic carbocycles. The number of carbonyl (C=O) groups is 1. The molecule has 0 saturated heterocycles. The lowest BCUT2D eigenvalue weighted by atomic mass is 10.1. The van der Waals surface area contributed by atoms with Crippen molar-refractivity contribution in [1.29, 1.82) is 0 Å². The summed E-state index contributed by atoms with van der Waals surface area (Å²) < 4.78 is 8.08. The van der Waals surface area contributed by atoms with E-state index in [0.29, 0.717) is 6.54 Å². The second-order valence-electron chi connectivity index (χ2n) is 4.28. The topological polar surface area (TPSA) is 54.1 Å². The van der Waals surface area contributed by atoms with E-state index in [9.17, 15) is 4.79 Å². The molecule has 0 unspecified atom stereocenters. The number of hydrogen-bond acceptors (Lipinski definition) is 2. The monoisotopic (exact) mass is 466 g/mol. The Morgan fingerprint density at radius 1 is 1.40 bits per heavy atom. The van der Waals surface area contributed by atoms with Crippen LogP contribution in [0.2, 0.25) is 0 Å². The number of hydrogen-bond donors (Lipinski definition) is 2. The number of benzene rings is 1. The molecule has 0 aliphatic carbocycles. The van der Waals surface area contributed by atoms with E-state index < -0.39 is 0 Å². The molecular formula is C13H13Br3N2O2. The zero-order valence-electron chi connectivity index (χ0n) is 10.9. The van der Waals surface area contributed by atoms with Crippen molar-refractivity contribution in [2.75, 3.05) is 13.7 Å². The molecule has 2 N–H and O–H groups in total. The number of rotatable bonds is 4. The van der Waals surface area contributed by atoms with Gasteiger partial charge in [0.1, 0.15) is 5.75 Å². The summed E-state index contributed by atoms with van der Waals surface area (Å²) in [4.78, 5) is 14.3. The molecule has 1 heterocycles. The molecule has 0 aliphatic rings. The molecule has 0 fully saturated rings. The molecular weight excluding hydrogens is 456 g/mol. The summed E-state index contributed by atoms with van der Waals surface area (Å²) in [6, 6.07) is 1.98. The minimum atomic E-state index is -0.0274. The number of amides is 1. The van der Waals surface area contributed by atoms with Gasteiger partial charge in [-0.25, -0.2) is 0 Å². The molecule has 0 spiro atoms. The Balaban J connectivity index is 2.48. The van der Waals surface area contributed by atoms with Gasteiger partial charge in [-0.15, -0.1) is 0 Å². The van der Waals surface area contributed by atoms with Crippen LogP contribution in [0.4, 0.5) is 0 Å². The summed E-state index contributed by atoms with van der Waals surface area (Å²) in [5, 5.41) is 3.86. The zero-order valence-corrected chi connectivity index (χ0v) is 15.7. The molecule has 1 amide bonds. The van der Waals surface area contributed by atoms with E-state index in [1.54, 1.807) is 7.11 Å². The summed E-state index contributed by atoms with van der Waals surface area (Å²) in [6.07, 6.45) is 0.726. The van der Waals surface area contributed by atoms with Crippen LogP contribution in [0.5, 0.6) is 5.75 Å². The average Bonchev–Trinajstić information content (AvgIpc) is 2.66. The van der Waals surface area contributed by atoms with Crippen molar-refractivity contribution in [2.45, 2.75) is 13.3 Å². The number of carbonyl (C=O) groups excluding carboxylic acids is 1. The van der Waals surface area contributed by atoms with Crippen LogP contribution in [0.15, 0.2) is 19.6 Å². The Hall–Kier alpha value is -0.530. The summed E-state index contributed by atoms with van der Waals surface area (Å²) in [5.41, 5.74) is 2.10. The number of H-pyrrole nitrogens is 1. The fourth-order valence-electron chi connectivity index (χ4n) is 2.08. The molecule has 2 aromatic rings. The second-order valence-corrected chi connectivity index (χ2v) is 6.72. The van der Waals surface area contributed by atoms with Crippen molar-refractivity contribution < 1.29 is 9.53 Å². The number of ether oxygens (including phenoxy) is 1. The minimum absolute atomic E-state index is 0.0274. The van der Waals surface area contributed by atoms with Crippen molar-refractivity contribution >= 4 is 64.6 Å². The fourth-order valence-corrected chi connectivity index (χ4v) is 4.38. The third-order valence-electron chi connectivity index (χ3n) is 2.94. The lowest BCUT2D eigenvalue weighted by molar-refractivity contribution is -0.118. The highest BCUT2D eigenvalue weighted by Crippen LogP contribution is 2.42. The van der Waals surface area contributed by atoms with Crippen molar-refractivity contribution in [3.8, 4) is 5.75 Å². The second kappa shape index (κ2) is 6.49. The summed E-state index contributed by atoms with van der Waals surface area (Å²) in [5.74, 6) is 0.727. The quantitative estimate of drug-likeness (QED) is 0.708. The van der Waals surface area contributed by atoms with Crippen LogP contribution in [0.3, 0.4) is 0 Å². The van der Waals surface area contributed by atoms with Crippen LogP contribution in [0.25, 0.3) is 10.9 Å². The minimum Gasteiger partial charge on any atom is -0.494 e. The molecule has 0 saturated carbocycles. The van der Waals surface area contributed by atoms with E-state index in [1.165, 1.54) is 6.92 Å². The van der Waals surface area contributed by atoms with E-state index in [0.717, 1.165) is 42.2 Å². The van der Waals surface area contributed by atoms with Gasteiger partial charge in [0.15, 0.2) is 0 Å². The van der Waals surface area contributed by atoms with Crippen molar-refractivity contribution in [2.24, 2.45) is 0 Å². The highest BCUT2D eigenvalue weighted by Gasteiger charge is 2.18. The standard InChI is InChI=1S/C13H13Br3N2O2/c1-6(19)17-4-3-7-10-9(18-13(7)16)5-8(14)12(20-2)11(10)15/h5,18H,3-4H2,1-2H3,(H,17,19). The van der Waals surface area contributed by atoms with E-state index in [1.807, 2.05) is 6.07 Å². The largest absolute Gasteiger partial charge is 0.494 e. The third kappa shape index (κ3) is 3.04. The first-order valence-electron chi connectivity index (χ1n) is 5.92. The number of aromatic amines is 1. The number of methoxy groups -OCH3 is 1. The molecule has 7 heteroatoms. The van der Waals surface area contributed by atoms with Crippen LogP contribution < -0.4 is 10.1 Å². The van der Waals surface area contributed by atoms with Gasteiger partial charge in [0.05, 0.1) is 20.7 Å². The normalized spacial score (nSPS) is 10.8. The van der Waals surface area contributed by atoms with Crippen LogP contribution >= 0.6 is 47.8 Å². The molecule has 0 atom stereocenters. The SMILES string of the molecule is COc1c(Br)cc2[nH]c(Br)c(CCNC(C)=O)c2c1Br. The van der Waals surface area contributed by atoms with E-state index >= 15 is 0 Å². The predicted molar refractivity (Wildman–Crippen MR) is 90.3 cm³/mol. The summed E-state index contributed by atoms with van der Waals surface area (Å²) >= 11 is 10.6. The van der Waals surface area contributed by atoms with Crippen LogP contribution in [0.1, 0.15) is 12.5 Å². The van der Waals surface area contributed by atoms with E-state index in [-0.39, 0.29) is 5.91 Å². The molecule has 0 aliphatic heterocycles. The van der Waals surface area contributed by atoms with Crippen molar-refractivity contribution in [3.05, 3.63) is 25.2 Å². The maximum atomic E-state index is 11.0. The Labute approximate surface area is 142 Å². The average molecular weight is 469 g/mol. The smallest absolute Gasteiger partial charge is 0.216 e. The Morgan fingerprint density at radius 3 is 2.70 bits per heavy atom. The molecule has 20 heavy (non-hydrogen) atoms. The molecule has 108 valence electrons. The van der Waals surface area contributed by atoms with Gasteiger partial charge >= 0.3 is 0 Å². The van der Waals surface area contributed by atoms with Crippen LogP contribution in [-0.2, 0) is 11.2 Å². The molecule has 0 radical (unpaired) electrons. The number of nitrogens with one attached hydrogen (secondary N) is 2. The fraction of sp³-hybridized carbons (Fsp3) is 0.308. The summed E-state index contributed by atoms with van der Waals surface area (Å²) in [7, 11) is 1.63. The van der Waals surface area contributed by atoms with Crippen LogP contribution in [0, 0.1) is 0 Å². The van der Waals surface area contributed by atoms with Gasteiger partial charge in [-0.05, 0) is 65.8 Å². The summed E-state index contributed by atoms with van der Waals surface area (Å²) in [6.45, 7) is 2.10. The number of aromatic nitrogens is 1. The predicted octanol–water partition coefficient (Wildman–Crippen LogP) is 4.14. The van der Waals surface area contributed by atoms with Gasteiger partial charge in [-0.3, -0.25) is 4.79 Å². The van der Waals surface area contributed by atoms with Gasteiger partial charge in [0.2, 0.25) is 5.91 Å². The Bertz CT molecular complexity index is 667. The van der Waals surface area contributed by atoms with Gasteiger partial charge in [0.25, 0.3) is 0 Å². The number of fused-ring (bicyclic) bond motifs is 1. The first-order valence-corrected chi connectivity index (χ1v) is 8.30. The molecule has 2 rings (SSSR count). The van der Waals surface area contributed by atoms with Gasteiger partial charge in [-0.1, -0.05) is 0 Å². The maximum absolute atomic E-state index is 11.0. The first kappa shape index (κ1) is 15.9. The van der Waals surface area contributed by atoms with E-state index in [4.69, 9.17) is 4.74 Å². The first-order chi connectivity index (χ1) is 9.45. The van der Waals surface area contributed by atoms with E-state index in [2.05, 4.69) is 58.1 Å².